The van der Waals surface area contributed by atoms with E-state index in [1.54, 1.807) is 13.1 Å². The molecule has 3 unspecified atom stereocenters. The lowest BCUT2D eigenvalue weighted by atomic mass is 10.0. The van der Waals surface area contributed by atoms with Crippen molar-refractivity contribution in [2.75, 3.05) is 25.0 Å². The predicted molar refractivity (Wildman–Crippen MR) is 84.0 cm³/mol. The van der Waals surface area contributed by atoms with Crippen molar-refractivity contribution in [3.05, 3.63) is 24.2 Å². The molecule has 0 aromatic carbocycles. The van der Waals surface area contributed by atoms with Gasteiger partial charge in [0.1, 0.15) is 12.0 Å². The Bertz CT molecular complexity index is 772. The summed E-state index contributed by atoms with van der Waals surface area (Å²) in [6.45, 7) is 2.13. The Hall–Kier alpha value is -2.41. The lowest BCUT2D eigenvalue weighted by Gasteiger charge is -2.25. The molecular weight excluding hydrogens is 296 g/mol. The Labute approximate surface area is 133 Å². The zero-order chi connectivity index (χ0) is 16.0. The van der Waals surface area contributed by atoms with Crippen molar-refractivity contribution < 1.29 is 14.0 Å². The molecular formula is C16H18N4O3. The zero-order valence-corrected chi connectivity index (χ0v) is 12.9. The topological polar surface area (TPSA) is 78.7 Å². The van der Waals surface area contributed by atoms with Gasteiger partial charge in [-0.05, 0) is 24.8 Å². The Balaban J connectivity index is 1.58. The number of furan rings is 1. The molecule has 2 saturated heterocycles. The van der Waals surface area contributed by atoms with Gasteiger partial charge in [-0.25, -0.2) is 4.98 Å². The van der Waals surface area contributed by atoms with Crippen LogP contribution in [0, 0.1) is 5.92 Å². The fourth-order valence-corrected chi connectivity index (χ4v) is 3.55. The SMILES string of the molecule is CN(C=O)c1coc2cnc(C(=O)NC3CC4CCN3C4)cc12. The molecule has 2 aliphatic rings. The quantitative estimate of drug-likeness (QED) is 0.858. The van der Waals surface area contributed by atoms with Gasteiger partial charge in [0.2, 0.25) is 6.41 Å². The summed E-state index contributed by atoms with van der Waals surface area (Å²) in [5, 5.41) is 3.76. The Morgan fingerprint density at radius 3 is 3.13 bits per heavy atom. The van der Waals surface area contributed by atoms with E-state index in [4.69, 9.17) is 4.42 Å². The van der Waals surface area contributed by atoms with E-state index >= 15 is 0 Å². The fourth-order valence-electron chi connectivity index (χ4n) is 3.55. The van der Waals surface area contributed by atoms with E-state index in [0.717, 1.165) is 19.5 Å². The summed E-state index contributed by atoms with van der Waals surface area (Å²) in [5.41, 5.74) is 1.51. The van der Waals surface area contributed by atoms with Crippen LogP contribution in [-0.4, -0.2) is 48.5 Å². The molecule has 2 amide bonds. The third-order valence-electron chi connectivity index (χ3n) is 4.82. The number of carbonyl (C=O) groups is 2. The number of aromatic nitrogens is 1. The summed E-state index contributed by atoms with van der Waals surface area (Å²) in [4.78, 5) is 31.3. The van der Waals surface area contributed by atoms with Crippen molar-refractivity contribution in [2.45, 2.75) is 19.0 Å². The second-order valence-electron chi connectivity index (χ2n) is 6.28. The van der Waals surface area contributed by atoms with Crippen molar-refractivity contribution in [1.29, 1.82) is 0 Å². The molecule has 2 aromatic rings. The Morgan fingerprint density at radius 1 is 1.57 bits per heavy atom. The highest BCUT2D eigenvalue weighted by molar-refractivity contribution is 6.01. The Morgan fingerprint density at radius 2 is 2.43 bits per heavy atom. The van der Waals surface area contributed by atoms with Gasteiger partial charge >= 0.3 is 0 Å². The molecule has 2 aliphatic heterocycles. The van der Waals surface area contributed by atoms with Crippen molar-refractivity contribution in [1.82, 2.24) is 15.2 Å². The number of fused-ring (bicyclic) bond motifs is 3. The van der Waals surface area contributed by atoms with Gasteiger partial charge in [-0.1, -0.05) is 0 Å². The summed E-state index contributed by atoms with van der Waals surface area (Å²) in [5.74, 6) is 0.516. The van der Waals surface area contributed by atoms with Gasteiger partial charge in [0.05, 0.1) is 18.1 Å². The summed E-state index contributed by atoms with van der Waals surface area (Å²) < 4.78 is 5.38. The van der Waals surface area contributed by atoms with E-state index in [1.807, 2.05) is 0 Å². The maximum atomic E-state index is 12.5. The summed E-state index contributed by atoms with van der Waals surface area (Å²) in [7, 11) is 1.64. The molecule has 0 saturated carbocycles. The molecule has 3 atom stereocenters. The molecule has 2 fully saturated rings. The molecule has 1 N–H and O–H groups in total. The number of nitrogens with zero attached hydrogens (tertiary/aromatic N) is 3. The van der Waals surface area contributed by atoms with Crippen LogP contribution in [0.5, 0.6) is 0 Å². The third kappa shape index (κ3) is 2.37. The standard InChI is InChI=1S/C16H18N4O3/c1-19(9-21)13-8-23-14-6-17-12(5-11(13)14)16(22)18-15-4-10-2-3-20(15)7-10/h5-6,8-10,15H,2-4,7H2,1H3,(H,18,22). The second kappa shape index (κ2) is 5.34. The van der Waals surface area contributed by atoms with E-state index in [0.29, 0.717) is 34.7 Å². The molecule has 0 spiro atoms. The zero-order valence-electron chi connectivity index (χ0n) is 12.9. The lowest BCUT2D eigenvalue weighted by Crippen LogP contribution is -2.45. The first kappa shape index (κ1) is 14.2. The monoisotopic (exact) mass is 314 g/mol. The molecule has 2 bridgehead atoms. The van der Waals surface area contributed by atoms with Crippen LogP contribution < -0.4 is 10.2 Å². The van der Waals surface area contributed by atoms with Crippen LogP contribution in [0.1, 0.15) is 23.3 Å². The number of pyridine rings is 1. The van der Waals surface area contributed by atoms with E-state index in [1.165, 1.54) is 23.8 Å². The summed E-state index contributed by atoms with van der Waals surface area (Å²) in [6.07, 6.45) is 6.07. The van der Waals surface area contributed by atoms with Crippen LogP contribution in [0.4, 0.5) is 5.69 Å². The largest absolute Gasteiger partial charge is 0.460 e. The molecule has 2 aromatic heterocycles. The Kier molecular flexibility index (Phi) is 3.30. The van der Waals surface area contributed by atoms with Crippen molar-refractivity contribution in [2.24, 2.45) is 5.92 Å². The van der Waals surface area contributed by atoms with Gasteiger partial charge in [0, 0.05) is 25.5 Å². The number of hydrogen-bond donors (Lipinski definition) is 1. The summed E-state index contributed by atoms with van der Waals surface area (Å²) in [6, 6.07) is 1.67. The number of carbonyl (C=O) groups excluding carboxylic acids is 2. The van der Waals surface area contributed by atoms with E-state index < -0.39 is 0 Å². The minimum atomic E-state index is -0.189. The molecule has 4 rings (SSSR count). The van der Waals surface area contributed by atoms with Gasteiger partial charge < -0.3 is 14.6 Å². The maximum Gasteiger partial charge on any atom is 0.271 e. The van der Waals surface area contributed by atoms with E-state index in [9.17, 15) is 9.59 Å². The van der Waals surface area contributed by atoms with Crippen LogP contribution in [0.3, 0.4) is 0 Å². The normalized spacial score (nSPS) is 25.7. The molecule has 4 heterocycles. The molecule has 0 radical (unpaired) electrons. The smallest absolute Gasteiger partial charge is 0.271 e. The molecule has 23 heavy (non-hydrogen) atoms. The van der Waals surface area contributed by atoms with Crippen LogP contribution in [0.15, 0.2) is 22.9 Å². The average Bonchev–Trinajstić information content (AvgIpc) is 3.28. The van der Waals surface area contributed by atoms with Gasteiger partial charge in [-0.2, -0.15) is 0 Å². The third-order valence-corrected chi connectivity index (χ3v) is 4.82. The fraction of sp³-hybridized carbons (Fsp3) is 0.438. The highest BCUT2D eigenvalue weighted by Gasteiger charge is 2.38. The highest BCUT2D eigenvalue weighted by Crippen LogP contribution is 2.32. The number of hydrogen-bond acceptors (Lipinski definition) is 5. The second-order valence-corrected chi connectivity index (χ2v) is 6.28. The van der Waals surface area contributed by atoms with E-state index in [-0.39, 0.29) is 12.1 Å². The molecule has 0 aliphatic carbocycles. The first-order valence-corrected chi connectivity index (χ1v) is 7.76. The van der Waals surface area contributed by atoms with E-state index in [2.05, 4.69) is 15.2 Å². The number of rotatable bonds is 4. The highest BCUT2D eigenvalue weighted by atomic mass is 16.3. The van der Waals surface area contributed by atoms with Gasteiger partial charge in [0.25, 0.3) is 5.91 Å². The lowest BCUT2D eigenvalue weighted by molar-refractivity contribution is -0.107. The van der Waals surface area contributed by atoms with Crippen molar-refractivity contribution in [3.8, 4) is 0 Å². The molecule has 7 nitrogen and oxygen atoms in total. The van der Waals surface area contributed by atoms with Crippen molar-refractivity contribution >= 4 is 29.0 Å². The number of piperidine rings is 1. The van der Waals surface area contributed by atoms with Crippen molar-refractivity contribution in [3.63, 3.8) is 0 Å². The maximum absolute atomic E-state index is 12.5. The average molecular weight is 314 g/mol. The van der Waals surface area contributed by atoms with Crippen LogP contribution >= 0.6 is 0 Å². The number of amides is 2. The minimum absolute atomic E-state index is 0.111. The first-order valence-electron chi connectivity index (χ1n) is 7.76. The van der Waals surface area contributed by atoms with Gasteiger partial charge in [-0.15, -0.1) is 0 Å². The van der Waals surface area contributed by atoms with Crippen LogP contribution in [0.2, 0.25) is 0 Å². The van der Waals surface area contributed by atoms with Crippen LogP contribution in [0.25, 0.3) is 11.0 Å². The number of nitrogens with one attached hydrogen (secondary N) is 1. The minimum Gasteiger partial charge on any atom is -0.460 e. The molecule has 120 valence electrons. The predicted octanol–water partition coefficient (Wildman–Crippen LogP) is 1.20. The first-order chi connectivity index (χ1) is 11.2. The van der Waals surface area contributed by atoms with Gasteiger partial charge in [-0.3, -0.25) is 14.5 Å². The van der Waals surface area contributed by atoms with Crippen LogP contribution in [-0.2, 0) is 4.79 Å². The summed E-state index contributed by atoms with van der Waals surface area (Å²) >= 11 is 0. The van der Waals surface area contributed by atoms with Gasteiger partial charge in [0.15, 0.2) is 5.58 Å². The number of anilines is 1. The molecule has 7 heteroatoms.